The smallest absolute Gasteiger partial charge is 0.340 e. The molecule has 0 unspecified atom stereocenters. The molecule has 1 aromatic carbocycles. The molecule has 12 nitrogen and oxygen atoms in total. The second-order valence-corrected chi connectivity index (χ2v) is 16.0. The van der Waals surface area contributed by atoms with E-state index in [2.05, 4.69) is 11.8 Å². The number of methoxy groups -OCH3 is 4. The molecule has 2 aliphatic heterocycles. The predicted octanol–water partition coefficient (Wildman–Crippen LogP) is 2.04. The Morgan fingerprint density at radius 2 is 1.80 bits per heavy atom. The molecule has 7 bridgehead atoms. The van der Waals surface area contributed by atoms with E-state index in [1.54, 1.807) is 59.6 Å². The van der Waals surface area contributed by atoms with Crippen molar-refractivity contribution >= 4 is 23.5 Å². The molecule has 1 spiro atoms. The Morgan fingerprint density at radius 3 is 2.43 bits per heavy atom. The van der Waals surface area contributed by atoms with E-state index in [1.165, 1.54) is 0 Å². The van der Waals surface area contributed by atoms with Gasteiger partial charge in [-0.15, -0.1) is 0 Å². The molecular weight excluding hydrogens is 632 g/mol. The molecule has 12 heteroatoms. The number of aliphatic hydroxyl groups is 2. The minimum Gasteiger partial charge on any atom is -0.461 e. The van der Waals surface area contributed by atoms with E-state index in [1.807, 2.05) is 0 Å². The number of esters is 1. The van der Waals surface area contributed by atoms with Gasteiger partial charge in [-0.1, -0.05) is 26.0 Å². The van der Waals surface area contributed by atoms with Crippen molar-refractivity contribution in [3.05, 3.63) is 29.8 Å². The van der Waals surface area contributed by atoms with Crippen LogP contribution >= 0.6 is 0 Å². The van der Waals surface area contributed by atoms with Gasteiger partial charge in [0.25, 0.3) is 0 Å². The fourth-order valence-electron chi connectivity index (χ4n) is 13.2. The maximum atomic E-state index is 14.1. The lowest BCUT2D eigenvalue weighted by Gasteiger charge is -2.70. The first kappa shape index (κ1) is 33.7. The highest BCUT2D eigenvalue weighted by molar-refractivity contribution is 6.22. The number of likely N-dealkylation sites (tertiary alicyclic amines) is 1. The number of para-hydroxylation sites is 1. The third-order valence-corrected chi connectivity index (χ3v) is 14.5. The minimum atomic E-state index is -1.70. The highest BCUT2D eigenvalue weighted by atomic mass is 16.5. The molecule has 2 saturated heterocycles. The van der Waals surface area contributed by atoms with Gasteiger partial charge in [-0.05, 0) is 43.9 Å². The number of amides is 2. The molecule has 14 atom stereocenters. The molecule has 1 aromatic rings. The van der Waals surface area contributed by atoms with Gasteiger partial charge in [0, 0.05) is 82.3 Å². The quantitative estimate of drug-likeness (QED) is 0.292. The van der Waals surface area contributed by atoms with E-state index in [-0.39, 0.29) is 84.5 Å². The van der Waals surface area contributed by atoms with E-state index in [0.717, 1.165) is 11.3 Å². The molecule has 8 rings (SSSR count). The first-order valence-corrected chi connectivity index (χ1v) is 17.9. The van der Waals surface area contributed by atoms with Crippen LogP contribution in [0.2, 0.25) is 0 Å². The van der Waals surface area contributed by atoms with Crippen molar-refractivity contribution in [2.24, 2.45) is 40.4 Å². The summed E-state index contributed by atoms with van der Waals surface area (Å²) < 4.78 is 31.4. The molecule has 2 N–H and O–H groups in total. The lowest BCUT2D eigenvalue weighted by molar-refractivity contribution is -0.320. The zero-order valence-corrected chi connectivity index (χ0v) is 29.3. The van der Waals surface area contributed by atoms with E-state index in [0.29, 0.717) is 25.9 Å². The van der Waals surface area contributed by atoms with Crippen molar-refractivity contribution in [1.82, 2.24) is 4.90 Å². The van der Waals surface area contributed by atoms with E-state index < -0.39 is 46.1 Å². The van der Waals surface area contributed by atoms with Gasteiger partial charge in [0.15, 0.2) is 0 Å². The molecule has 0 radical (unpaired) electrons. The third kappa shape index (κ3) is 3.86. The Hall–Kier alpha value is -2.45. The summed E-state index contributed by atoms with van der Waals surface area (Å²) in [6.45, 7) is 4.95. The highest BCUT2D eigenvalue weighted by Crippen LogP contribution is 2.80. The topological polar surface area (TPSA) is 144 Å². The molecular formula is C37H50N2O10. The van der Waals surface area contributed by atoms with Crippen LogP contribution in [0.1, 0.15) is 56.3 Å². The number of likely N-dealkylation sites (N-methyl/N-ethyl adjacent to an activating group) is 1. The van der Waals surface area contributed by atoms with Crippen LogP contribution < -0.4 is 4.90 Å². The fraction of sp³-hybridized carbons (Fsp3) is 0.757. The molecule has 7 fully saturated rings. The van der Waals surface area contributed by atoms with Crippen molar-refractivity contribution in [2.45, 2.75) is 87.6 Å². The summed E-state index contributed by atoms with van der Waals surface area (Å²) in [5.41, 5.74) is -4.17. The monoisotopic (exact) mass is 682 g/mol. The maximum absolute atomic E-state index is 14.1. The number of imide groups is 1. The van der Waals surface area contributed by atoms with Crippen molar-refractivity contribution < 1.29 is 48.3 Å². The molecule has 49 heavy (non-hydrogen) atoms. The van der Waals surface area contributed by atoms with E-state index in [4.69, 9.17) is 23.7 Å². The summed E-state index contributed by atoms with van der Waals surface area (Å²) >= 11 is 0. The Morgan fingerprint density at radius 1 is 1.04 bits per heavy atom. The summed E-state index contributed by atoms with van der Waals surface area (Å²) in [6.07, 6.45) is 0.813. The third-order valence-electron chi connectivity index (χ3n) is 14.5. The first-order chi connectivity index (χ1) is 23.4. The first-order valence-electron chi connectivity index (χ1n) is 17.9. The number of carbonyl (C=O) groups is 3. The van der Waals surface area contributed by atoms with Crippen LogP contribution in [0, 0.1) is 40.4 Å². The van der Waals surface area contributed by atoms with E-state index in [9.17, 15) is 24.6 Å². The van der Waals surface area contributed by atoms with Crippen LogP contribution in [-0.4, -0.2) is 123 Å². The van der Waals surface area contributed by atoms with Crippen molar-refractivity contribution in [3.63, 3.8) is 0 Å². The molecule has 0 aromatic heterocycles. The SMILES string of the molecule is CCN1C[C@@]2(COC(=O)c3ccccc3N3C(=O)C[C@H](C)C3=O)CC[C@@H](OC)[C@]34[C@@H]5C[C@H]6[C@H](OC)[C@@H]5[C@@](O)(C[C@@H]6OC)[C@@](O)([C@@H](OC)[C@H]23)[C@@H]14. The van der Waals surface area contributed by atoms with Crippen LogP contribution in [0.15, 0.2) is 24.3 Å². The van der Waals surface area contributed by atoms with Crippen LogP contribution in [0.25, 0.3) is 0 Å². The Kier molecular flexibility index (Phi) is 7.75. The average molecular weight is 683 g/mol. The molecule has 268 valence electrons. The molecule has 5 aliphatic carbocycles. The minimum absolute atomic E-state index is 0.0358. The van der Waals surface area contributed by atoms with Crippen LogP contribution in [0.3, 0.4) is 0 Å². The van der Waals surface area contributed by atoms with E-state index >= 15 is 0 Å². The second-order valence-electron chi connectivity index (χ2n) is 16.0. The normalized spacial score (nSPS) is 48.0. The molecule has 7 aliphatic rings. The van der Waals surface area contributed by atoms with Gasteiger partial charge < -0.3 is 33.9 Å². The summed E-state index contributed by atoms with van der Waals surface area (Å²) in [5.74, 6) is -2.47. The predicted molar refractivity (Wildman–Crippen MR) is 174 cm³/mol. The molecule has 2 amide bonds. The number of fused-ring (bicyclic) bond motifs is 2. The molecule has 2 heterocycles. The van der Waals surface area contributed by atoms with Gasteiger partial charge in [-0.2, -0.15) is 0 Å². The van der Waals surface area contributed by atoms with Crippen molar-refractivity contribution in [2.75, 3.05) is 53.0 Å². The standard InChI is InChI=1S/C37H50N2O10/c1-7-38-17-34(18-49-32(42)20-10-8-9-11-23(20)39-26(40)14-19(2)31(39)41)13-12-25(46-4)36-22-15-21-24(45-3)16-35(43,27(22)28(21)47-5)37(44,33(36)38)30(48-6)29(34)36/h8-11,19,21-22,24-25,27-30,33,43-44H,7,12-18H2,1-6H3/t19-,21+,22+,24-,25+,27+,28-,29+,30-,33-,34+,35-,36+,37+/m0/s1. The average Bonchev–Trinajstić information content (AvgIpc) is 3.63. The lowest BCUT2D eigenvalue weighted by atomic mass is 9.42. The summed E-state index contributed by atoms with van der Waals surface area (Å²) in [7, 11) is 6.70. The second kappa shape index (κ2) is 11.3. The highest BCUT2D eigenvalue weighted by Gasteiger charge is 2.91. The van der Waals surface area contributed by atoms with Crippen LogP contribution in [0.5, 0.6) is 0 Å². The van der Waals surface area contributed by atoms with Crippen LogP contribution in [0.4, 0.5) is 5.69 Å². The number of anilines is 1. The number of benzene rings is 1. The zero-order chi connectivity index (χ0) is 34.8. The van der Waals surface area contributed by atoms with Crippen molar-refractivity contribution in [3.8, 4) is 0 Å². The number of carbonyl (C=O) groups excluding carboxylic acids is 3. The lowest BCUT2D eigenvalue weighted by Crippen LogP contribution is -2.82. The largest absolute Gasteiger partial charge is 0.461 e. The maximum Gasteiger partial charge on any atom is 0.340 e. The summed E-state index contributed by atoms with van der Waals surface area (Å²) in [5, 5.41) is 26.6. The number of piperidine rings is 1. The zero-order valence-electron chi connectivity index (χ0n) is 29.3. The van der Waals surface area contributed by atoms with Gasteiger partial charge in [0.1, 0.15) is 11.2 Å². The van der Waals surface area contributed by atoms with Gasteiger partial charge in [0.2, 0.25) is 11.8 Å². The van der Waals surface area contributed by atoms with Gasteiger partial charge in [0.05, 0.1) is 48.3 Å². The Balaban J connectivity index is 1.23. The summed E-state index contributed by atoms with van der Waals surface area (Å²) in [6, 6.07) is 6.12. The number of ether oxygens (including phenoxy) is 5. The van der Waals surface area contributed by atoms with Gasteiger partial charge in [-0.25, -0.2) is 9.69 Å². The number of hydrogen-bond donors (Lipinski definition) is 2. The molecule has 5 saturated carbocycles. The number of nitrogens with zero attached hydrogens (tertiary/aromatic N) is 2. The number of hydrogen-bond acceptors (Lipinski definition) is 11. The van der Waals surface area contributed by atoms with Crippen LogP contribution in [-0.2, 0) is 33.3 Å². The van der Waals surface area contributed by atoms with Gasteiger partial charge >= 0.3 is 5.97 Å². The summed E-state index contributed by atoms with van der Waals surface area (Å²) in [4.78, 5) is 43.3. The van der Waals surface area contributed by atoms with Gasteiger partial charge in [-0.3, -0.25) is 14.5 Å². The fourth-order valence-corrected chi connectivity index (χ4v) is 13.2. The Labute approximate surface area is 287 Å². The number of rotatable bonds is 9. The van der Waals surface area contributed by atoms with Crippen molar-refractivity contribution in [1.29, 1.82) is 0 Å². The Bertz CT molecular complexity index is 1560.